The topological polar surface area (TPSA) is 26.0 Å². The summed E-state index contributed by atoms with van der Waals surface area (Å²) >= 11 is 0. The van der Waals surface area contributed by atoms with E-state index in [1.807, 2.05) is 6.92 Å². The van der Waals surface area contributed by atoms with Crippen LogP contribution >= 0.6 is 0 Å². The predicted molar refractivity (Wildman–Crippen MR) is 56.2 cm³/mol. The van der Waals surface area contributed by atoms with Crippen LogP contribution in [0.25, 0.3) is 5.57 Å². The number of rotatable bonds is 2. The van der Waals surface area contributed by atoms with Gasteiger partial charge in [-0.1, -0.05) is 30.4 Å². The second kappa shape index (κ2) is 2.71. The first-order valence-corrected chi connectivity index (χ1v) is 4.67. The average molecular weight is 173 g/mol. The highest BCUT2D eigenvalue weighted by molar-refractivity contribution is 5.62. The molecule has 1 aromatic rings. The van der Waals surface area contributed by atoms with E-state index in [9.17, 15) is 0 Å². The first kappa shape index (κ1) is 8.52. The predicted octanol–water partition coefficient (Wildman–Crippen LogP) is 2.67. The Morgan fingerprint density at radius 3 is 2.69 bits per heavy atom. The molecule has 68 valence electrons. The Balaban J connectivity index is 2.38. The molecule has 0 amide bonds. The molecule has 0 aromatic heterocycles. The standard InChI is InChI=1S/C12H15N/c1-9(2)10-4-3-5-11(8-10)12(13)6-7-12/h3-5,8H,1,6-7,13H2,2H3. The van der Waals surface area contributed by atoms with E-state index in [0.717, 1.165) is 18.4 Å². The van der Waals surface area contributed by atoms with E-state index < -0.39 is 0 Å². The Hall–Kier alpha value is -1.08. The summed E-state index contributed by atoms with van der Waals surface area (Å²) in [4.78, 5) is 0. The zero-order valence-corrected chi connectivity index (χ0v) is 8.01. The third-order valence-electron chi connectivity index (χ3n) is 2.72. The SMILES string of the molecule is C=C(C)c1cccc(C2(N)CC2)c1. The van der Waals surface area contributed by atoms with Gasteiger partial charge in [-0.25, -0.2) is 0 Å². The highest BCUT2D eigenvalue weighted by atomic mass is 14.8. The van der Waals surface area contributed by atoms with Gasteiger partial charge in [0.15, 0.2) is 0 Å². The van der Waals surface area contributed by atoms with Gasteiger partial charge in [-0.15, -0.1) is 0 Å². The second-order valence-corrected chi connectivity index (χ2v) is 4.02. The van der Waals surface area contributed by atoms with Gasteiger partial charge in [0, 0.05) is 5.54 Å². The van der Waals surface area contributed by atoms with E-state index in [-0.39, 0.29) is 5.54 Å². The van der Waals surface area contributed by atoms with E-state index in [4.69, 9.17) is 5.73 Å². The number of hydrogen-bond donors (Lipinski definition) is 1. The third-order valence-corrected chi connectivity index (χ3v) is 2.72. The summed E-state index contributed by atoms with van der Waals surface area (Å²) < 4.78 is 0. The number of hydrogen-bond acceptors (Lipinski definition) is 1. The summed E-state index contributed by atoms with van der Waals surface area (Å²) in [7, 11) is 0. The molecule has 1 aromatic carbocycles. The summed E-state index contributed by atoms with van der Waals surface area (Å²) in [5.41, 5.74) is 9.65. The maximum atomic E-state index is 6.11. The largest absolute Gasteiger partial charge is 0.321 e. The second-order valence-electron chi connectivity index (χ2n) is 4.02. The van der Waals surface area contributed by atoms with Crippen LogP contribution in [0.1, 0.15) is 30.9 Å². The zero-order valence-electron chi connectivity index (χ0n) is 8.01. The highest BCUT2D eigenvalue weighted by Gasteiger charge is 2.39. The molecule has 0 unspecified atom stereocenters. The van der Waals surface area contributed by atoms with Gasteiger partial charge in [0.2, 0.25) is 0 Å². The Morgan fingerprint density at radius 2 is 2.15 bits per heavy atom. The summed E-state index contributed by atoms with van der Waals surface area (Å²) in [6.07, 6.45) is 2.24. The molecule has 1 heteroatoms. The molecule has 0 atom stereocenters. The van der Waals surface area contributed by atoms with Crippen LogP contribution in [0.2, 0.25) is 0 Å². The summed E-state index contributed by atoms with van der Waals surface area (Å²) in [6.45, 7) is 5.95. The van der Waals surface area contributed by atoms with Crippen LogP contribution in [0.3, 0.4) is 0 Å². The van der Waals surface area contributed by atoms with Gasteiger partial charge in [-0.05, 0) is 37.0 Å². The fraction of sp³-hybridized carbons (Fsp3) is 0.333. The van der Waals surface area contributed by atoms with Gasteiger partial charge in [0.25, 0.3) is 0 Å². The van der Waals surface area contributed by atoms with Crippen LogP contribution in [-0.2, 0) is 5.54 Å². The molecule has 2 rings (SSSR count). The lowest BCUT2D eigenvalue weighted by Crippen LogP contribution is -2.18. The molecule has 1 aliphatic rings. The smallest absolute Gasteiger partial charge is 0.0411 e. The van der Waals surface area contributed by atoms with Crippen LogP contribution < -0.4 is 5.73 Å². The van der Waals surface area contributed by atoms with Crippen molar-refractivity contribution in [1.29, 1.82) is 0 Å². The van der Waals surface area contributed by atoms with Crippen molar-refractivity contribution in [3.05, 3.63) is 42.0 Å². The van der Waals surface area contributed by atoms with Crippen molar-refractivity contribution >= 4 is 5.57 Å². The van der Waals surface area contributed by atoms with Crippen LogP contribution in [0.4, 0.5) is 0 Å². The minimum Gasteiger partial charge on any atom is -0.321 e. The van der Waals surface area contributed by atoms with Crippen LogP contribution in [-0.4, -0.2) is 0 Å². The molecule has 1 nitrogen and oxygen atoms in total. The van der Waals surface area contributed by atoms with Gasteiger partial charge in [-0.2, -0.15) is 0 Å². The summed E-state index contributed by atoms with van der Waals surface area (Å²) in [5.74, 6) is 0. The Kier molecular flexibility index (Phi) is 1.77. The molecule has 1 aliphatic carbocycles. The van der Waals surface area contributed by atoms with E-state index in [0.29, 0.717) is 0 Å². The molecule has 0 bridgehead atoms. The van der Waals surface area contributed by atoms with Crippen molar-refractivity contribution in [3.8, 4) is 0 Å². The molecular weight excluding hydrogens is 158 g/mol. The minimum absolute atomic E-state index is 0.0224. The quantitative estimate of drug-likeness (QED) is 0.731. The summed E-state index contributed by atoms with van der Waals surface area (Å²) in [6, 6.07) is 8.42. The highest BCUT2D eigenvalue weighted by Crippen LogP contribution is 2.42. The molecule has 2 N–H and O–H groups in total. The molecule has 1 saturated carbocycles. The van der Waals surface area contributed by atoms with E-state index in [1.165, 1.54) is 11.1 Å². The molecular formula is C12H15N. The molecule has 0 saturated heterocycles. The van der Waals surface area contributed by atoms with Crippen molar-refractivity contribution in [2.24, 2.45) is 5.73 Å². The first-order chi connectivity index (χ1) is 6.12. The lowest BCUT2D eigenvalue weighted by molar-refractivity contribution is 0.740. The van der Waals surface area contributed by atoms with Crippen LogP contribution in [0.5, 0.6) is 0 Å². The maximum absolute atomic E-state index is 6.11. The Labute approximate surface area is 79.3 Å². The van der Waals surface area contributed by atoms with Crippen molar-refractivity contribution < 1.29 is 0 Å². The lowest BCUT2D eigenvalue weighted by Gasteiger charge is -2.10. The number of benzene rings is 1. The molecule has 0 aliphatic heterocycles. The van der Waals surface area contributed by atoms with Gasteiger partial charge in [0.05, 0.1) is 0 Å². The lowest BCUT2D eigenvalue weighted by atomic mass is 10.0. The normalized spacial score (nSPS) is 18.3. The minimum atomic E-state index is -0.0224. The Morgan fingerprint density at radius 1 is 1.46 bits per heavy atom. The Bertz CT molecular complexity index is 348. The summed E-state index contributed by atoms with van der Waals surface area (Å²) in [5, 5.41) is 0. The van der Waals surface area contributed by atoms with E-state index in [2.05, 4.69) is 30.8 Å². The molecule has 0 spiro atoms. The van der Waals surface area contributed by atoms with Crippen molar-refractivity contribution in [2.45, 2.75) is 25.3 Å². The fourth-order valence-electron chi connectivity index (χ4n) is 1.52. The van der Waals surface area contributed by atoms with Gasteiger partial charge >= 0.3 is 0 Å². The molecule has 0 radical (unpaired) electrons. The third kappa shape index (κ3) is 1.52. The van der Waals surface area contributed by atoms with E-state index >= 15 is 0 Å². The van der Waals surface area contributed by atoms with E-state index in [1.54, 1.807) is 0 Å². The molecule has 13 heavy (non-hydrogen) atoms. The number of allylic oxidation sites excluding steroid dienone is 1. The molecule has 0 heterocycles. The monoisotopic (exact) mass is 173 g/mol. The van der Waals surface area contributed by atoms with Crippen molar-refractivity contribution in [3.63, 3.8) is 0 Å². The maximum Gasteiger partial charge on any atom is 0.0411 e. The first-order valence-electron chi connectivity index (χ1n) is 4.67. The number of nitrogens with two attached hydrogens (primary N) is 1. The molecule has 1 fully saturated rings. The van der Waals surface area contributed by atoms with Gasteiger partial charge < -0.3 is 5.73 Å². The van der Waals surface area contributed by atoms with Crippen LogP contribution in [0, 0.1) is 0 Å². The van der Waals surface area contributed by atoms with Crippen molar-refractivity contribution in [2.75, 3.05) is 0 Å². The van der Waals surface area contributed by atoms with Gasteiger partial charge in [0.1, 0.15) is 0 Å². The van der Waals surface area contributed by atoms with Crippen molar-refractivity contribution in [1.82, 2.24) is 0 Å². The fourth-order valence-corrected chi connectivity index (χ4v) is 1.52. The van der Waals surface area contributed by atoms with Gasteiger partial charge in [-0.3, -0.25) is 0 Å². The van der Waals surface area contributed by atoms with Crippen LogP contribution in [0.15, 0.2) is 30.8 Å². The average Bonchev–Trinajstić information content (AvgIpc) is 2.85. The zero-order chi connectivity index (χ0) is 9.47.